The fourth-order valence-electron chi connectivity index (χ4n) is 1.38. The van der Waals surface area contributed by atoms with E-state index in [1.54, 1.807) is 12.4 Å². The van der Waals surface area contributed by atoms with Crippen molar-refractivity contribution in [3.8, 4) is 11.5 Å². The van der Waals surface area contributed by atoms with E-state index in [0.717, 1.165) is 24.9 Å². The lowest BCUT2D eigenvalue weighted by Crippen LogP contribution is -2.08. The lowest BCUT2D eigenvalue weighted by Gasteiger charge is -1.94. The minimum atomic E-state index is 0.535. The predicted octanol–water partition coefficient (Wildman–Crippen LogP) is 1.28. The van der Waals surface area contributed by atoms with Crippen LogP contribution in [-0.4, -0.2) is 28.8 Å². The Morgan fingerprint density at radius 1 is 1.38 bits per heavy atom. The molecule has 2 rings (SSSR count). The van der Waals surface area contributed by atoms with Crippen molar-refractivity contribution in [1.82, 2.24) is 20.5 Å². The Bertz CT molecular complexity index is 427. The molecule has 2 aromatic rings. The van der Waals surface area contributed by atoms with E-state index in [0.29, 0.717) is 11.8 Å². The van der Waals surface area contributed by atoms with E-state index in [2.05, 4.69) is 20.5 Å². The number of aryl methyl sites for hydroxylation is 1. The number of hydrogen-bond acceptors (Lipinski definition) is 5. The Morgan fingerprint density at radius 3 is 3.06 bits per heavy atom. The van der Waals surface area contributed by atoms with Crippen LogP contribution in [0.25, 0.3) is 11.5 Å². The van der Waals surface area contributed by atoms with E-state index in [9.17, 15) is 0 Å². The molecule has 2 aromatic heterocycles. The molecule has 5 nitrogen and oxygen atoms in total. The second kappa shape index (κ2) is 5.37. The van der Waals surface area contributed by atoms with Crippen LogP contribution < -0.4 is 5.32 Å². The van der Waals surface area contributed by atoms with Crippen molar-refractivity contribution < 1.29 is 4.42 Å². The highest BCUT2D eigenvalue weighted by Gasteiger charge is 2.07. The van der Waals surface area contributed by atoms with Gasteiger partial charge in [0.25, 0.3) is 0 Å². The van der Waals surface area contributed by atoms with Gasteiger partial charge in [0.1, 0.15) is 0 Å². The molecule has 0 spiro atoms. The molecule has 5 heteroatoms. The topological polar surface area (TPSA) is 63.8 Å². The molecule has 0 aliphatic rings. The first kappa shape index (κ1) is 10.8. The zero-order valence-electron chi connectivity index (χ0n) is 9.18. The number of nitrogens with zero attached hydrogens (tertiary/aromatic N) is 3. The molecule has 0 atom stereocenters. The van der Waals surface area contributed by atoms with Gasteiger partial charge in [-0.05, 0) is 32.1 Å². The maximum absolute atomic E-state index is 5.53. The highest BCUT2D eigenvalue weighted by atomic mass is 16.4. The predicted molar refractivity (Wildman–Crippen MR) is 59.8 cm³/mol. The number of aromatic nitrogens is 3. The second-order valence-corrected chi connectivity index (χ2v) is 3.45. The summed E-state index contributed by atoms with van der Waals surface area (Å²) in [6.45, 7) is 0.949. The van der Waals surface area contributed by atoms with Crippen LogP contribution in [0.15, 0.2) is 28.9 Å². The summed E-state index contributed by atoms with van der Waals surface area (Å²) in [6, 6.07) is 3.75. The first-order valence-corrected chi connectivity index (χ1v) is 5.27. The summed E-state index contributed by atoms with van der Waals surface area (Å²) in [5, 5.41) is 11.1. The first-order chi connectivity index (χ1) is 7.90. The van der Waals surface area contributed by atoms with Gasteiger partial charge < -0.3 is 9.73 Å². The number of pyridine rings is 1. The van der Waals surface area contributed by atoms with Crippen molar-refractivity contribution in [1.29, 1.82) is 0 Å². The monoisotopic (exact) mass is 218 g/mol. The van der Waals surface area contributed by atoms with E-state index in [1.807, 2.05) is 19.2 Å². The van der Waals surface area contributed by atoms with Crippen LogP contribution in [0.4, 0.5) is 0 Å². The minimum Gasteiger partial charge on any atom is -0.421 e. The van der Waals surface area contributed by atoms with Crippen molar-refractivity contribution in [2.45, 2.75) is 12.8 Å². The van der Waals surface area contributed by atoms with Gasteiger partial charge >= 0.3 is 0 Å². The highest BCUT2D eigenvalue weighted by molar-refractivity contribution is 5.49. The van der Waals surface area contributed by atoms with Crippen LogP contribution in [0.2, 0.25) is 0 Å². The van der Waals surface area contributed by atoms with Gasteiger partial charge in [0.05, 0.1) is 5.56 Å². The lowest BCUT2D eigenvalue weighted by molar-refractivity contribution is 0.494. The van der Waals surface area contributed by atoms with Gasteiger partial charge in [0, 0.05) is 18.8 Å². The Balaban J connectivity index is 2.02. The van der Waals surface area contributed by atoms with Gasteiger partial charge in [-0.25, -0.2) is 0 Å². The molecule has 0 aliphatic heterocycles. The van der Waals surface area contributed by atoms with Gasteiger partial charge in [-0.1, -0.05) is 0 Å². The van der Waals surface area contributed by atoms with Gasteiger partial charge in [-0.2, -0.15) is 0 Å². The Labute approximate surface area is 93.9 Å². The highest BCUT2D eigenvalue weighted by Crippen LogP contribution is 2.16. The normalized spacial score (nSPS) is 10.6. The summed E-state index contributed by atoms with van der Waals surface area (Å²) in [7, 11) is 1.93. The summed E-state index contributed by atoms with van der Waals surface area (Å²) in [5.74, 6) is 1.21. The first-order valence-electron chi connectivity index (χ1n) is 5.27. The lowest BCUT2D eigenvalue weighted by atomic mass is 10.3. The van der Waals surface area contributed by atoms with Gasteiger partial charge in [-0.15, -0.1) is 10.2 Å². The van der Waals surface area contributed by atoms with Crippen LogP contribution in [-0.2, 0) is 6.42 Å². The average molecular weight is 218 g/mol. The fourth-order valence-corrected chi connectivity index (χ4v) is 1.38. The van der Waals surface area contributed by atoms with Crippen molar-refractivity contribution in [3.63, 3.8) is 0 Å². The van der Waals surface area contributed by atoms with E-state index in [-0.39, 0.29) is 0 Å². The molecule has 0 bridgehead atoms. The molecule has 0 saturated heterocycles. The molecule has 0 radical (unpaired) electrons. The number of nitrogens with one attached hydrogen (secondary N) is 1. The van der Waals surface area contributed by atoms with Crippen molar-refractivity contribution >= 4 is 0 Å². The van der Waals surface area contributed by atoms with Gasteiger partial charge in [0.2, 0.25) is 11.8 Å². The molecule has 0 aromatic carbocycles. The average Bonchev–Trinajstić information content (AvgIpc) is 2.79. The third-order valence-electron chi connectivity index (χ3n) is 2.19. The van der Waals surface area contributed by atoms with E-state index >= 15 is 0 Å². The molecule has 84 valence electrons. The molecular weight excluding hydrogens is 204 g/mol. The maximum Gasteiger partial charge on any atom is 0.249 e. The summed E-state index contributed by atoms with van der Waals surface area (Å²) >= 11 is 0. The van der Waals surface area contributed by atoms with E-state index in [4.69, 9.17) is 4.42 Å². The zero-order valence-corrected chi connectivity index (χ0v) is 9.18. The third kappa shape index (κ3) is 2.64. The van der Waals surface area contributed by atoms with Crippen molar-refractivity contribution in [3.05, 3.63) is 30.4 Å². The molecule has 16 heavy (non-hydrogen) atoms. The van der Waals surface area contributed by atoms with Crippen LogP contribution in [0.3, 0.4) is 0 Å². The fraction of sp³-hybridized carbons (Fsp3) is 0.364. The summed E-state index contributed by atoms with van der Waals surface area (Å²) in [5.41, 5.74) is 0.856. The third-order valence-corrected chi connectivity index (χ3v) is 2.19. The smallest absolute Gasteiger partial charge is 0.249 e. The summed E-state index contributed by atoms with van der Waals surface area (Å²) < 4.78 is 5.53. The minimum absolute atomic E-state index is 0.535. The molecule has 0 aliphatic carbocycles. The molecule has 0 saturated carbocycles. The second-order valence-electron chi connectivity index (χ2n) is 3.45. The maximum atomic E-state index is 5.53. The van der Waals surface area contributed by atoms with Gasteiger partial charge in [-0.3, -0.25) is 4.98 Å². The van der Waals surface area contributed by atoms with Crippen molar-refractivity contribution in [2.24, 2.45) is 0 Å². The molecule has 0 unspecified atom stereocenters. The van der Waals surface area contributed by atoms with Crippen LogP contribution in [0, 0.1) is 0 Å². The van der Waals surface area contributed by atoms with E-state index < -0.39 is 0 Å². The Morgan fingerprint density at radius 2 is 2.31 bits per heavy atom. The van der Waals surface area contributed by atoms with E-state index in [1.165, 1.54) is 0 Å². The largest absolute Gasteiger partial charge is 0.421 e. The Kier molecular flexibility index (Phi) is 3.61. The quantitative estimate of drug-likeness (QED) is 0.766. The molecule has 0 amide bonds. The van der Waals surface area contributed by atoms with Crippen LogP contribution >= 0.6 is 0 Å². The molecule has 1 N–H and O–H groups in total. The zero-order chi connectivity index (χ0) is 11.2. The molecular formula is C11H14N4O. The van der Waals surface area contributed by atoms with Crippen LogP contribution in [0.5, 0.6) is 0 Å². The number of hydrogen-bond donors (Lipinski definition) is 1. The number of rotatable bonds is 5. The SMILES string of the molecule is CNCCCc1nnc(-c2cccnc2)o1. The summed E-state index contributed by atoms with van der Waals surface area (Å²) in [6.07, 6.45) is 5.22. The molecule has 2 heterocycles. The van der Waals surface area contributed by atoms with Crippen LogP contribution in [0.1, 0.15) is 12.3 Å². The molecule has 0 fully saturated rings. The Hall–Kier alpha value is -1.75. The standard InChI is InChI=1S/C11H14N4O/c1-12-6-3-5-10-14-15-11(16-10)9-4-2-7-13-8-9/h2,4,7-8,12H,3,5-6H2,1H3. The van der Waals surface area contributed by atoms with Gasteiger partial charge in [0.15, 0.2) is 0 Å². The van der Waals surface area contributed by atoms with Crippen molar-refractivity contribution in [2.75, 3.05) is 13.6 Å². The summed E-state index contributed by atoms with van der Waals surface area (Å²) in [4.78, 5) is 4.01.